The number of nitrogens with zero attached hydrogens (tertiary/aromatic N) is 1. The lowest BCUT2D eigenvalue weighted by molar-refractivity contribution is -0.00529. The van der Waals surface area contributed by atoms with E-state index >= 15 is 0 Å². The summed E-state index contributed by atoms with van der Waals surface area (Å²) in [4.78, 5) is 0. The van der Waals surface area contributed by atoms with Gasteiger partial charge in [-0.05, 0) is 62.2 Å². The lowest BCUT2D eigenvalue weighted by atomic mass is 9.51. The Morgan fingerprint density at radius 2 is 1.74 bits per heavy atom. The van der Waals surface area contributed by atoms with Gasteiger partial charge in [-0.25, -0.2) is 0 Å². The van der Waals surface area contributed by atoms with E-state index in [1.165, 1.54) is 43.4 Å². The van der Waals surface area contributed by atoms with Gasteiger partial charge in [0, 0.05) is 11.5 Å². The number of hydrogen-bond donors (Lipinski definition) is 1. The van der Waals surface area contributed by atoms with Crippen molar-refractivity contribution in [3.8, 4) is 0 Å². The van der Waals surface area contributed by atoms with E-state index in [4.69, 9.17) is 10.3 Å². The summed E-state index contributed by atoms with van der Waals surface area (Å²) in [5.74, 6) is 4.96. The number of anilines is 1. The molecule has 0 aromatic carbocycles. The third-order valence-corrected chi connectivity index (χ3v) is 5.89. The van der Waals surface area contributed by atoms with Gasteiger partial charge in [0.15, 0.2) is 0 Å². The van der Waals surface area contributed by atoms with Gasteiger partial charge in [-0.15, -0.1) is 0 Å². The summed E-state index contributed by atoms with van der Waals surface area (Å²) in [5.41, 5.74) is 8.44. The maximum atomic E-state index is 5.99. The average molecular weight is 260 g/mol. The van der Waals surface area contributed by atoms with Gasteiger partial charge >= 0.3 is 0 Å². The van der Waals surface area contributed by atoms with Crippen molar-refractivity contribution in [3.63, 3.8) is 0 Å². The van der Waals surface area contributed by atoms with Gasteiger partial charge in [0.25, 0.3) is 0 Å². The summed E-state index contributed by atoms with van der Waals surface area (Å²) >= 11 is 0. The lowest BCUT2D eigenvalue weighted by Gasteiger charge is -2.54. The van der Waals surface area contributed by atoms with Crippen molar-refractivity contribution >= 4 is 5.88 Å². The van der Waals surface area contributed by atoms with Crippen LogP contribution in [-0.4, -0.2) is 5.16 Å². The monoisotopic (exact) mass is 260 g/mol. The predicted octanol–water partition coefficient (Wildman–Crippen LogP) is 3.75. The van der Waals surface area contributed by atoms with Gasteiger partial charge in [0.2, 0.25) is 5.88 Å². The highest BCUT2D eigenvalue weighted by Crippen LogP contribution is 2.60. The second-order valence-electron chi connectivity index (χ2n) is 7.12. The molecule has 1 aromatic heterocycles. The first-order valence-corrected chi connectivity index (χ1v) is 8.00. The molecule has 0 atom stereocenters. The van der Waals surface area contributed by atoms with Gasteiger partial charge in [-0.1, -0.05) is 18.5 Å². The van der Waals surface area contributed by atoms with Gasteiger partial charge in [-0.2, -0.15) is 0 Å². The Hall–Kier alpha value is -0.990. The Bertz CT molecular complexity index is 451. The zero-order chi connectivity index (χ0) is 13.0. The molecule has 2 N–H and O–H groups in total. The van der Waals surface area contributed by atoms with Gasteiger partial charge in [-0.3, -0.25) is 0 Å². The molecule has 4 bridgehead atoms. The van der Waals surface area contributed by atoms with Gasteiger partial charge in [0.05, 0.1) is 5.69 Å². The second-order valence-corrected chi connectivity index (χ2v) is 7.12. The summed E-state index contributed by atoms with van der Waals surface area (Å²) in [6.45, 7) is 2.20. The van der Waals surface area contributed by atoms with Crippen LogP contribution < -0.4 is 5.73 Å². The standard InChI is InChI=1S/C16H24N2O/c1-2-3-13-15(18-19-16(13)17)14-11-5-9-4-10(7-11)8-12(14)6-9/h9-12,14H,2-8,17H2,1H3. The van der Waals surface area contributed by atoms with Crippen LogP contribution in [0, 0.1) is 23.7 Å². The number of hydrogen-bond acceptors (Lipinski definition) is 3. The van der Waals surface area contributed by atoms with E-state index in [1.807, 2.05) is 0 Å². The Kier molecular flexibility index (Phi) is 2.64. The molecule has 104 valence electrons. The Morgan fingerprint density at radius 3 is 2.32 bits per heavy atom. The maximum absolute atomic E-state index is 5.99. The van der Waals surface area contributed by atoms with Gasteiger partial charge in [0.1, 0.15) is 0 Å². The maximum Gasteiger partial charge on any atom is 0.225 e. The van der Waals surface area contributed by atoms with Crippen LogP contribution in [0.25, 0.3) is 0 Å². The minimum atomic E-state index is 0.575. The van der Waals surface area contributed by atoms with Gasteiger partial charge < -0.3 is 10.3 Å². The van der Waals surface area contributed by atoms with E-state index in [9.17, 15) is 0 Å². The number of nitrogen functional groups attached to an aromatic ring is 1. The summed E-state index contributed by atoms with van der Waals surface area (Å²) in [6, 6.07) is 0. The highest BCUT2D eigenvalue weighted by Gasteiger charge is 2.50. The molecule has 3 nitrogen and oxygen atoms in total. The first-order chi connectivity index (χ1) is 9.26. The van der Waals surface area contributed by atoms with E-state index in [-0.39, 0.29) is 0 Å². The molecule has 4 aliphatic rings. The molecule has 0 saturated heterocycles. The molecule has 5 rings (SSSR count). The van der Waals surface area contributed by atoms with Crippen LogP contribution in [0.4, 0.5) is 5.88 Å². The molecule has 19 heavy (non-hydrogen) atoms. The molecule has 3 heteroatoms. The van der Waals surface area contributed by atoms with E-state index < -0.39 is 0 Å². The van der Waals surface area contributed by atoms with Crippen LogP contribution >= 0.6 is 0 Å². The van der Waals surface area contributed by atoms with E-state index in [0.717, 1.165) is 36.5 Å². The number of nitrogens with two attached hydrogens (primary N) is 1. The van der Waals surface area contributed by atoms with Crippen molar-refractivity contribution in [2.24, 2.45) is 23.7 Å². The van der Waals surface area contributed by atoms with Crippen LogP contribution in [-0.2, 0) is 6.42 Å². The fourth-order valence-electron chi connectivity index (χ4n) is 5.47. The third-order valence-electron chi connectivity index (χ3n) is 5.89. The van der Waals surface area contributed by atoms with Crippen molar-refractivity contribution < 1.29 is 4.52 Å². The Morgan fingerprint density at radius 1 is 1.11 bits per heavy atom. The summed E-state index contributed by atoms with van der Waals surface area (Å²) < 4.78 is 5.33. The molecule has 0 radical (unpaired) electrons. The van der Waals surface area contributed by atoms with Crippen molar-refractivity contribution in [3.05, 3.63) is 11.3 Å². The first kappa shape index (κ1) is 11.8. The SMILES string of the molecule is CCCc1c(C2C3CC4CC(C3)CC2C4)noc1N. The fraction of sp³-hybridized carbons (Fsp3) is 0.812. The van der Waals surface area contributed by atoms with E-state index in [0.29, 0.717) is 11.8 Å². The molecule has 0 amide bonds. The average Bonchev–Trinajstić information content (AvgIpc) is 2.71. The molecule has 1 aromatic rings. The molecule has 0 aliphatic heterocycles. The number of rotatable bonds is 3. The quantitative estimate of drug-likeness (QED) is 0.900. The van der Waals surface area contributed by atoms with Crippen LogP contribution in [0.3, 0.4) is 0 Å². The molecule has 0 unspecified atom stereocenters. The van der Waals surface area contributed by atoms with Crippen LogP contribution in [0.1, 0.15) is 62.6 Å². The largest absolute Gasteiger partial charge is 0.367 e. The smallest absolute Gasteiger partial charge is 0.225 e. The molecule has 0 spiro atoms. The van der Waals surface area contributed by atoms with Crippen molar-refractivity contribution in [1.29, 1.82) is 0 Å². The van der Waals surface area contributed by atoms with Crippen LogP contribution in [0.15, 0.2) is 4.52 Å². The third kappa shape index (κ3) is 1.73. The lowest BCUT2D eigenvalue weighted by Crippen LogP contribution is -2.44. The van der Waals surface area contributed by atoms with Crippen molar-refractivity contribution in [1.82, 2.24) is 5.16 Å². The minimum absolute atomic E-state index is 0.575. The zero-order valence-corrected chi connectivity index (χ0v) is 11.8. The second kappa shape index (κ2) is 4.26. The zero-order valence-electron chi connectivity index (χ0n) is 11.8. The highest BCUT2D eigenvalue weighted by atomic mass is 16.5. The van der Waals surface area contributed by atoms with Crippen LogP contribution in [0.2, 0.25) is 0 Å². The predicted molar refractivity (Wildman–Crippen MR) is 74.7 cm³/mol. The summed E-state index contributed by atoms with van der Waals surface area (Å²) in [6.07, 6.45) is 9.35. The Labute approximate surface area is 114 Å². The van der Waals surface area contributed by atoms with Crippen molar-refractivity contribution in [2.45, 2.75) is 57.8 Å². The molecule has 4 aliphatic carbocycles. The highest BCUT2D eigenvalue weighted by molar-refractivity contribution is 5.41. The minimum Gasteiger partial charge on any atom is -0.367 e. The topological polar surface area (TPSA) is 52.0 Å². The fourth-order valence-corrected chi connectivity index (χ4v) is 5.47. The normalized spacial score (nSPS) is 39.9. The first-order valence-electron chi connectivity index (χ1n) is 8.00. The Balaban J connectivity index is 1.69. The molecular formula is C16H24N2O. The molecule has 4 saturated carbocycles. The molecular weight excluding hydrogens is 236 g/mol. The van der Waals surface area contributed by atoms with E-state index in [2.05, 4.69) is 12.1 Å². The molecule has 1 heterocycles. The summed E-state index contributed by atoms with van der Waals surface area (Å²) in [7, 11) is 0. The molecule has 4 fully saturated rings. The van der Waals surface area contributed by atoms with Crippen molar-refractivity contribution in [2.75, 3.05) is 5.73 Å². The summed E-state index contributed by atoms with van der Waals surface area (Å²) in [5, 5.41) is 4.38. The van der Waals surface area contributed by atoms with E-state index in [1.54, 1.807) is 0 Å². The number of aromatic nitrogens is 1. The van der Waals surface area contributed by atoms with Crippen LogP contribution in [0.5, 0.6) is 0 Å².